The summed E-state index contributed by atoms with van der Waals surface area (Å²) in [6.07, 6.45) is 2.15. The normalized spacial score (nSPS) is 31.1. The zero-order chi connectivity index (χ0) is 22.9. The molecule has 5 rings (SSSR count). The van der Waals surface area contributed by atoms with Gasteiger partial charge < -0.3 is 18.8 Å². The molecule has 1 saturated heterocycles. The van der Waals surface area contributed by atoms with Crippen molar-refractivity contribution in [1.82, 2.24) is 0 Å². The average molecular weight is 436 g/mol. The van der Waals surface area contributed by atoms with Crippen LogP contribution in [0.4, 0.5) is 8.78 Å². The summed E-state index contributed by atoms with van der Waals surface area (Å²) in [5.74, 6) is -2.45. The Hall–Kier alpha value is -1.67. The third kappa shape index (κ3) is 3.56. The van der Waals surface area contributed by atoms with Crippen molar-refractivity contribution >= 4 is 13.1 Å². The van der Waals surface area contributed by atoms with Crippen LogP contribution >= 0.6 is 0 Å². The summed E-state index contributed by atoms with van der Waals surface area (Å²) in [6.45, 7) is 11.6. The summed E-state index contributed by atoms with van der Waals surface area (Å²) in [4.78, 5) is 12.6. The first-order chi connectivity index (χ1) is 14.3. The number of methoxy groups -OCH3 is 1. The highest BCUT2D eigenvalue weighted by Crippen LogP contribution is 2.65. The Morgan fingerprint density at radius 3 is 2.52 bits per heavy atom. The summed E-state index contributed by atoms with van der Waals surface area (Å²) in [5, 5.41) is 0. The number of ether oxygens (including phenoxy) is 2. The van der Waals surface area contributed by atoms with Crippen LogP contribution < -0.4 is 4.74 Å². The summed E-state index contributed by atoms with van der Waals surface area (Å²) in [6, 6.07) is 1.04. The van der Waals surface area contributed by atoms with Gasteiger partial charge in [-0.1, -0.05) is 13.8 Å². The van der Waals surface area contributed by atoms with Crippen molar-refractivity contribution in [2.24, 2.45) is 17.3 Å². The summed E-state index contributed by atoms with van der Waals surface area (Å²) in [7, 11) is 0.689. The van der Waals surface area contributed by atoms with Crippen molar-refractivity contribution in [3.8, 4) is 5.75 Å². The fourth-order valence-electron chi connectivity index (χ4n) is 5.78. The van der Waals surface area contributed by atoms with Crippen molar-refractivity contribution in [3.05, 3.63) is 28.8 Å². The maximum atomic E-state index is 14.6. The summed E-state index contributed by atoms with van der Waals surface area (Å²) in [5.41, 5.74) is -1.31. The van der Waals surface area contributed by atoms with E-state index in [1.54, 1.807) is 20.8 Å². The molecule has 4 aliphatic rings. The maximum absolute atomic E-state index is 14.6. The lowest BCUT2D eigenvalue weighted by Gasteiger charge is -2.64. The number of carbonyl (C=O) groups excluding carboxylic acids is 1. The lowest BCUT2D eigenvalue weighted by molar-refractivity contribution is -0.199. The SMILES string of the molecule is COc1c(CB2O[C@@H]3C[C@@H]4C[C@@H](C4(C)C)[C@]3(C)O2)cc(F)c(F)c1C(=O)OC(C)(C)C. The maximum Gasteiger partial charge on any atom is 0.462 e. The van der Waals surface area contributed by atoms with Crippen molar-refractivity contribution in [3.63, 3.8) is 0 Å². The van der Waals surface area contributed by atoms with Gasteiger partial charge >= 0.3 is 13.1 Å². The molecule has 3 aliphatic carbocycles. The molecule has 0 spiro atoms. The summed E-state index contributed by atoms with van der Waals surface area (Å²) >= 11 is 0. The van der Waals surface area contributed by atoms with E-state index >= 15 is 0 Å². The van der Waals surface area contributed by atoms with Crippen molar-refractivity contribution < 1.29 is 32.4 Å². The van der Waals surface area contributed by atoms with Gasteiger partial charge in [-0.25, -0.2) is 13.6 Å². The molecule has 0 amide bonds. The van der Waals surface area contributed by atoms with Gasteiger partial charge in [0.15, 0.2) is 11.6 Å². The largest absolute Gasteiger partial charge is 0.495 e. The average Bonchev–Trinajstić information content (AvgIpc) is 2.97. The molecule has 2 bridgehead atoms. The molecule has 4 fully saturated rings. The zero-order valence-electron chi connectivity index (χ0n) is 19.3. The van der Waals surface area contributed by atoms with Gasteiger partial charge in [0.2, 0.25) is 0 Å². The van der Waals surface area contributed by atoms with Gasteiger partial charge in [0.25, 0.3) is 0 Å². The predicted molar refractivity (Wildman–Crippen MR) is 112 cm³/mol. The smallest absolute Gasteiger partial charge is 0.462 e. The first kappa shape index (κ1) is 22.5. The van der Waals surface area contributed by atoms with Crippen LogP contribution in [0.5, 0.6) is 5.75 Å². The molecule has 3 saturated carbocycles. The summed E-state index contributed by atoms with van der Waals surface area (Å²) < 4.78 is 52.2. The highest BCUT2D eigenvalue weighted by Gasteiger charge is 2.67. The highest BCUT2D eigenvalue weighted by molar-refractivity contribution is 6.45. The van der Waals surface area contributed by atoms with E-state index in [1.807, 2.05) is 0 Å². The minimum Gasteiger partial charge on any atom is -0.495 e. The van der Waals surface area contributed by atoms with E-state index in [9.17, 15) is 13.6 Å². The van der Waals surface area contributed by atoms with Crippen LogP contribution in [0.2, 0.25) is 0 Å². The van der Waals surface area contributed by atoms with E-state index in [1.165, 1.54) is 7.11 Å². The minimum absolute atomic E-state index is 0.0316. The van der Waals surface area contributed by atoms with Gasteiger partial charge in [-0.15, -0.1) is 0 Å². The molecule has 1 aromatic rings. The Kier molecular flexibility index (Phi) is 5.21. The van der Waals surface area contributed by atoms with Crippen LogP contribution in [0.3, 0.4) is 0 Å². The number of esters is 1. The van der Waals surface area contributed by atoms with Crippen molar-refractivity contribution in [2.45, 2.75) is 78.0 Å². The van der Waals surface area contributed by atoms with Gasteiger partial charge in [0.05, 0.1) is 18.8 Å². The van der Waals surface area contributed by atoms with E-state index < -0.39 is 41.5 Å². The topological polar surface area (TPSA) is 54.0 Å². The van der Waals surface area contributed by atoms with Gasteiger partial charge in [-0.3, -0.25) is 0 Å². The third-order valence-corrected chi connectivity index (χ3v) is 7.44. The molecule has 5 nitrogen and oxygen atoms in total. The second-order valence-electron chi connectivity index (χ2n) is 10.8. The number of carbonyl (C=O) groups is 1. The first-order valence-electron chi connectivity index (χ1n) is 10.9. The molecule has 1 aliphatic heterocycles. The van der Waals surface area contributed by atoms with Crippen LogP contribution in [-0.4, -0.2) is 37.5 Å². The lowest BCUT2D eigenvalue weighted by Crippen LogP contribution is -2.65. The molecule has 0 unspecified atom stereocenters. The fourth-order valence-corrected chi connectivity index (χ4v) is 5.78. The van der Waals surface area contributed by atoms with Gasteiger partial charge in [0, 0.05) is 6.32 Å². The van der Waals surface area contributed by atoms with Crippen LogP contribution in [0.25, 0.3) is 0 Å². The number of benzene rings is 1. The fraction of sp³-hybridized carbons (Fsp3) is 0.696. The standard InChI is InChI=1S/C23H31BF2O5/c1-21(2,3)29-20(27)17-18(26)14(25)8-12(19(17)28-7)11-24-30-16-10-13-9-15(22(13,4)5)23(16,6)31-24/h8,13,15-16H,9-11H2,1-7H3/t13-,15-,16+,23-/m0/s1. The Bertz CT molecular complexity index is 912. The van der Waals surface area contributed by atoms with Crippen molar-refractivity contribution in [2.75, 3.05) is 7.11 Å². The number of rotatable bonds is 4. The molecule has 0 aromatic heterocycles. The number of halogens is 2. The minimum atomic E-state index is -1.29. The van der Waals surface area contributed by atoms with Crippen LogP contribution in [0.15, 0.2) is 6.07 Å². The molecule has 4 atom stereocenters. The van der Waals surface area contributed by atoms with Gasteiger partial charge in [-0.2, -0.15) is 0 Å². The highest BCUT2D eigenvalue weighted by atomic mass is 19.2. The molecule has 0 N–H and O–H groups in total. The number of hydrogen-bond acceptors (Lipinski definition) is 5. The Labute approximate surface area is 182 Å². The third-order valence-electron chi connectivity index (χ3n) is 7.44. The van der Waals surface area contributed by atoms with Crippen LogP contribution in [0.1, 0.15) is 70.3 Å². The molecule has 1 heterocycles. The van der Waals surface area contributed by atoms with E-state index in [2.05, 4.69) is 20.8 Å². The second-order valence-corrected chi connectivity index (χ2v) is 10.8. The first-order valence-corrected chi connectivity index (χ1v) is 10.9. The predicted octanol–water partition coefficient (Wildman–Crippen LogP) is 4.74. The van der Waals surface area contributed by atoms with Gasteiger partial charge in [-0.05, 0) is 69.4 Å². The van der Waals surface area contributed by atoms with Gasteiger partial charge in [0.1, 0.15) is 16.9 Å². The van der Waals surface area contributed by atoms with Crippen molar-refractivity contribution in [1.29, 1.82) is 0 Å². The molecular weight excluding hydrogens is 405 g/mol. The lowest BCUT2D eigenvalue weighted by atomic mass is 9.43. The monoisotopic (exact) mass is 436 g/mol. The molecule has 8 heteroatoms. The Morgan fingerprint density at radius 1 is 1.26 bits per heavy atom. The zero-order valence-corrected chi connectivity index (χ0v) is 19.3. The molecule has 170 valence electrons. The molecule has 31 heavy (non-hydrogen) atoms. The molecule has 0 radical (unpaired) electrons. The Morgan fingerprint density at radius 2 is 1.94 bits per heavy atom. The number of hydrogen-bond donors (Lipinski definition) is 0. The van der Waals surface area contributed by atoms with E-state index in [4.69, 9.17) is 18.8 Å². The van der Waals surface area contributed by atoms with E-state index in [-0.39, 0.29) is 23.6 Å². The quantitative estimate of drug-likeness (QED) is 0.504. The molecular formula is C23H31BF2O5. The van der Waals surface area contributed by atoms with E-state index in [0.29, 0.717) is 17.4 Å². The molecule has 1 aromatic carbocycles. The van der Waals surface area contributed by atoms with E-state index in [0.717, 1.165) is 18.9 Å². The Balaban J connectivity index is 1.62. The second kappa shape index (κ2) is 7.17. The van der Waals surface area contributed by atoms with Crippen LogP contribution in [0, 0.1) is 28.9 Å². The van der Waals surface area contributed by atoms with Crippen LogP contribution in [-0.2, 0) is 20.4 Å².